The quantitative estimate of drug-likeness (QED) is 0.479. The third kappa shape index (κ3) is 4.80. The molecule has 1 unspecified atom stereocenters. The first-order valence-electron chi connectivity index (χ1n) is 3.05. The van der Waals surface area contributed by atoms with Crippen molar-refractivity contribution in [1.82, 2.24) is 5.32 Å². The number of rotatable bonds is 4. The average Bonchev–Trinajstić information content (AvgIpc) is 1.86. The predicted molar refractivity (Wildman–Crippen MR) is 35.1 cm³/mol. The minimum absolute atomic E-state index is 0.257. The molecule has 1 atom stereocenters. The second-order valence-electron chi connectivity index (χ2n) is 2.00. The van der Waals surface area contributed by atoms with Crippen LogP contribution in [0.25, 0.3) is 0 Å². The Bertz CT molecular complexity index is 123. The summed E-state index contributed by atoms with van der Waals surface area (Å²) in [5.41, 5.74) is 0. The van der Waals surface area contributed by atoms with E-state index < -0.39 is 18.8 Å². The molecule has 2 N–H and O–H groups in total. The van der Waals surface area contributed by atoms with Crippen molar-refractivity contribution in [3.8, 4) is 0 Å². The lowest BCUT2D eigenvalue weighted by Gasteiger charge is -2.13. The van der Waals surface area contributed by atoms with Crippen molar-refractivity contribution in [3.63, 3.8) is 0 Å². The highest BCUT2D eigenvalue weighted by molar-refractivity contribution is 4.73. The molecular formula is C6H10F3NO. The summed E-state index contributed by atoms with van der Waals surface area (Å²) in [6.45, 7) is 3.06. The monoisotopic (exact) mass is 169 g/mol. The summed E-state index contributed by atoms with van der Waals surface area (Å²) in [6.07, 6.45) is -5.40. The standard InChI is InChI=1S/C6H10F3NO/c1-2-3-10-4-5(11)6(7,8)9/h2,5,10-11H,1,3-4H2. The molecule has 0 fully saturated rings. The van der Waals surface area contributed by atoms with E-state index in [-0.39, 0.29) is 6.54 Å². The van der Waals surface area contributed by atoms with E-state index in [1.165, 1.54) is 6.08 Å². The Labute approximate surface area is 62.7 Å². The van der Waals surface area contributed by atoms with Gasteiger partial charge in [0.25, 0.3) is 0 Å². The third-order valence-electron chi connectivity index (χ3n) is 1.00. The zero-order valence-corrected chi connectivity index (χ0v) is 5.86. The van der Waals surface area contributed by atoms with Crippen molar-refractivity contribution in [1.29, 1.82) is 0 Å². The highest BCUT2D eigenvalue weighted by Gasteiger charge is 2.37. The van der Waals surface area contributed by atoms with E-state index in [4.69, 9.17) is 5.11 Å². The van der Waals surface area contributed by atoms with Gasteiger partial charge in [-0.05, 0) is 0 Å². The zero-order chi connectivity index (χ0) is 8.91. The molecule has 0 saturated carbocycles. The van der Waals surface area contributed by atoms with Gasteiger partial charge in [-0.3, -0.25) is 0 Å². The van der Waals surface area contributed by atoms with Gasteiger partial charge in [0.15, 0.2) is 6.10 Å². The summed E-state index contributed by atoms with van der Waals surface area (Å²) in [5, 5.41) is 10.7. The van der Waals surface area contributed by atoms with Gasteiger partial charge in [-0.1, -0.05) is 6.08 Å². The number of halogens is 3. The molecule has 0 radical (unpaired) electrons. The van der Waals surface area contributed by atoms with Crippen LogP contribution in [0, 0.1) is 0 Å². The van der Waals surface area contributed by atoms with Crippen LogP contribution in [0.1, 0.15) is 0 Å². The van der Waals surface area contributed by atoms with Crippen molar-refractivity contribution < 1.29 is 18.3 Å². The Balaban J connectivity index is 3.52. The Morgan fingerprint density at radius 3 is 2.45 bits per heavy atom. The van der Waals surface area contributed by atoms with Crippen molar-refractivity contribution in [2.24, 2.45) is 0 Å². The highest BCUT2D eigenvalue weighted by Crippen LogP contribution is 2.18. The van der Waals surface area contributed by atoms with Gasteiger partial charge >= 0.3 is 6.18 Å². The lowest BCUT2D eigenvalue weighted by molar-refractivity contribution is -0.201. The van der Waals surface area contributed by atoms with Gasteiger partial charge in [-0.15, -0.1) is 6.58 Å². The van der Waals surface area contributed by atoms with Gasteiger partial charge in [0, 0.05) is 13.1 Å². The molecule has 0 aromatic rings. The van der Waals surface area contributed by atoms with E-state index in [0.717, 1.165) is 0 Å². The second kappa shape index (κ2) is 4.35. The van der Waals surface area contributed by atoms with Gasteiger partial charge in [-0.25, -0.2) is 0 Å². The lowest BCUT2D eigenvalue weighted by atomic mass is 10.3. The van der Waals surface area contributed by atoms with Gasteiger partial charge in [0.1, 0.15) is 0 Å². The van der Waals surface area contributed by atoms with Crippen LogP contribution in [-0.2, 0) is 0 Å². The maximum atomic E-state index is 11.6. The summed E-state index contributed by atoms with van der Waals surface area (Å²) >= 11 is 0. The molecule has 11 heavy (non-hydrogen) atoms. The molecule has 0 aromatic carbocycles. The van der Waals surface area contributed by atoms with E-state index in [9.17, 15) is 13.2 Å². The fraction of sp³-hybridized carbons (Fsp3) is 0.667. The van der Waals surface area contributed by atoms with Gasteiger partial charge in [0.2, 0.25) is 0 Å². The Morgan fingerprint density at radius 2 is 2.09 bits per heavy atom. The van der Waals surface area contributed by atoms with E-state index in [2.05, 4.69) is 11.9 Å². The minimum atomic E-state index is -4.53. The Morgan fingerprint density at radius 1 is 1.55 bits per heavy atom. The maximum absolute atomic E-state index is 11.6. The molecule has 0 bridgehead atoms. The Kier molecular flexibility index (Phi) is 4.14. The van der Waals surface area contributed by atoms with E-state index in [0.29, 0.717) is 0 Å². The predicted octanol–water partition coefficient (Wildman–Crippen LogP) is 0.685. The molecule has 0 spiro atoms. The molecule has 0 aromatic heterocycles. The molecule has 5 heteroatoms. The zero-order valence-electron chi connectivity index (χ0n) is 5.86. The van der Waals surface area contributed by atoms with Crippen LogP contribution < -0.4 is 5.32 Å². The molecule has 2 nitrogen and oxygen atoms in total. The second-order valence-corrected chi connectivity index (χ2v) is 2.00. The summed E-state index contributed by atoms with van der Waals surface area (Å²) in [4.78, 5) is 0. The molecular weight excluding hydrogens is 159 g/mol. The van der Waals surface area contributed by atoms with Crippen molar-refractivity contribution in [2.75, 3.05) is 13.1 Å². The summed E-state index contributed by atoms with van der Waals surface area (Å²) < 4.78 is 34.7. The van der Waals surface area contributed by atoms with Crippen LogP contribution >= 0.6 is 0 Å². The SMILES string of the molecule is C=CCNCC(O)C(F)(F)F. The van der Waals surface area contributed by atoms with Crippen LogP contribution in [-0.4, -0.2) is 30.5 Å². The summed E-state index contributed by atoms with van der Waals surface area (Å²) in [7, 11) is 0. The van der Waals surface area contributed by atoms with Crippen molar-refractivity contribution in [3.05, 3.63) is 12.7 Å². The number of aliphatic hydroxyl groups excluding tert-OH is 1. The smallest absolute Gasteiger partial charge is 0.382 e. The number of hydrogen-bond donors (Lipinski definition) is 2. The fourth-order valence-corrected chi connectivity index (χ4v) is 0.438. The normalized spacial score (nSPS) is 14.5. The molecule has 0 aliphatic carbocycles. The average molecular weight is 169 g/mol. The molecule has 0 amide bonds. The van der Waals surface area contributed by atoms with Crippen molar-refractivity contribution >= 4 is 0 Å². The van der Waals surface area contributed by atoms with Crippen LogP contribution in [0.15, 0.2) is 12.7 Å². The van der Waals surface area contributed by atoms with Crippen LogP contribution in [0.3, 0.4) is 0 Å². The van der Waals surface area contributed by atoms with Crippen LogP contribution in [0.4, 0.5) is 13.2 Å². The molecule has 0 rings (SSSR count). The molecule has 0 heterocycles. The van der Waals surface area contributed by atoms with Gasteiger partial charge < -0.3 is 10.4 Å². The van der Waals surface area contributed by atoms with Crippen molar-refractivity contribution in [2.45, 2.75) is 12.3 Å². The largest absolute Gasteiger partial charge is 0.415 e. The summed E-state index contributed by atoms with van der Waals surface area (Å²) in [5.74, 6) is 0. The molecule has 0 aliphatic rings. The summed E-state index contributed by atoms with van der Waals surface area (Å²) in [6, 6.07) is 0. The third-order valence-corrected chi connectivity index (χ3v) is 1.00. The molecule has 0 aliphatic heterocycles. The highest BCUT2D eigenvalue weighted by atomic mass is 19.4. The lowest BCUT2D eigenvalue weighted by Crippen LogP contribution is -2.38. The molecule has 66 valence electrons. The van der Waals surface area contributed by atoms with Gasteiger partial charge in [-0.2, -0.15) is 13.2 Å². The number of alkyl halides is 3. The van der Waals surface area contributed by atoms with Crippen LogP contribution in [0.5, 0.6) is 0 Å². The number of aliphatic hydroxyl groups is 1. The van der Waals surface area contributed by atoms with E-state index in [1.807, 2.05) is 0 Å². The first-order chi connectivity index (χ1) is 4.98. The first-order valence-corrected chi connectivity index (χ1v) is 3.05. The first kappa shape index (κ1) is 10.4. The fourth-order valence-electron chi connectivity index (χ4n) is 0.438. The Hall–Kier alpha value is -0.550. The van der Waals surface area contributed by atoms with Gasteiger partial charge in [0.05, 0.1) is 0 Å². The maximum Gasteiger partial charge on any atom is 0.415 e. The van der Waals surface area contributed by atoms with E-state index in [1.54, 1.807) is 0 Å². The minimum Gasteiger partial charge on any atom is -0.382 e. The molecule has 0 saturated heterocycles. The number of hydrogen-bond acceptors (Lipinski definition) is 2. The number of nitrogens with one attached hydrogen (secondary N) is 1. The van der Waals surface area contributed by atoms with Crippen LogP contribution in [0.2, 0.25) is 0 Å². The topological polar surface area (TPSA) is 32.3 Å². The van der Waals surface area contributed by atoms with E-state index >= 15 is 0 Å².